The molecule has 0 aliphatic rings. The number of carbonyl (C=O) groups excluding carboxylic acids is 1. The van der Waals surface area contributed by atoms with Crippen LogP contribution in [0.4, 0.5) is 5.69 Å². The van der Waals surface area contributed by atoms with Gasteiger partial charge in [0, 0.05) is 16.3 Å². The van der Waals surface area contributed by atoms with Gasteiger partial charge in [0.25, 0.3) is 5.91 Å². The highest BCUT2D eigenvalue weighted by molar-refractivity contribution is 6.30. The first-order valence-corrected chi connectivity index (χ1v) is 8.31. The van der Waals surface area contributed by atoms with E-state index < -0.39 is 0 Å². The molecular weight excluding hydrogens is 334 g/mol. The number of hydrogen-bond acceptors (Lipinski definition) is 2. The minimum atomic E-state index is -0.181. The highest BCUT2D eigenvalue weighted by Crippen LogP contribution is 2.27. The number of anilines is 1. The summed E-state index contributed by atoms with van der Waals surface area (Å²) in [7, 11) is 0. The SMILES string of the molecule is Cc1ccc(C)c(Oc2ccc(NC(=O)c3ccc(Cl)cc3)cc2)c1. The number of halogens is 1. The molecule has 0 atom stereocenters. The summed E-state index contributed by atoms with van der Waals surface area (Å²) in [5, 5.41) is 3.45. The van der Waals surface area contributed by atoms with E-state index in [1.54, 1.807) is 24.3 Å². The number of nitrogens with one attached hydrogen (secondary N) is 1. The van der Waals surface area contributed by atoms with Gasteiger partial charge < -0.3 is 10.1 Å². The van der Waals surface area contributed by atoms with Gasteiger partial charge in [0.05, 0.1) is 0 Å². The van der Waals surface area contributed by atoms with Gasteiger partial charge in [0.1, 0.15) is 11.5 Å². The predicted molar refractivity (Wildman–Crippen MR) is 102 cm³/mol. The van der Waals surface area contributed by atoms with Gasteiger partial charge in [-0.15, -0.1) is 0 Å². The average molecular weight is 352 g/mol. The van der Waals surface area contributed by atoms with Crippen molar-refractivity contribution in [2.45, 2.75) is 13.8 Å². The van der Waals surface area contributed by atoms with Crippen LogP contribution in [0.5, 0.6) is 11.5 Å². The molecule has 0 unspecified atom stereocenters. The number of carbonyl (C=O) groups is 1. The number of amides is 1. The molecule has 0 aliphatic carbocycles. The van der Waals surface area contributed by atoms with E-state index >= 15 is 0 Å². The molecule has 3 nitrogen and oxygen atoms in total. The molecule has 4 heteroatoms. The Hall–Kier alpha value is -2.78. The molecule has 0 bridgehead atoms. The van der Waals surface area contributed by atoms with Gasteiger partial charge in [-0.25, -0.2) is 0 Å². The van der Waals surface area contributed by atoms with Crippen molar-refractivity contribution >= 4 is 23.2 Å². The van der Waals surface area contributed by atoms with Crippen LogP contribution in [0.2, 0.25) is 5.02 Å². The quantitative estimate of drug-likeness (QED) is 0.625. The van der Waals surface area contributed by atoms with E-state index in [0.717, 1.165) is 22.6 Å². The zero-order valence-electron chi connectivity index (χ0n) is 14.0. The average Bonchev–Trinajstić information content (AvgIpc) is 2.60. The van der Waals surface area contributed by atoms with Gasteiger partial charge in [-0.05, 0) is 79.6 Å². The van der Waals surface area contributed by atoms with Crippen molar-refractivity contribution in [2.24, 2.45) is 0 Å². The van der Waals surface area contributed by atoms with Crippen LogP contribution in [0.25, 0.3) is 0 Å². The van der Waals surface area contributed by atoms with Crippen LogP contribution in [-0.4, -0.2) is 5.91 Å². The topological polar surface area (TPSA) is 38.3 Å². The Kier molecular flexibility index (Phi) is 5.05. The monoisotopic (exact) mass is 351 g/mol. The molecule has 0 radical (unpaired) electrons. The number of aryl methyl sites for hydroxylation is 2. The lowest BCUT2D eigenvalue weighted by atomic mass is 10.1. The molecule has 0 aromatic heterocycles. The van der Waals surface area contributed by atoms with Crippen LogP contribution < -0.4 is 10.1 Å². The fraction of sp³-hybridized carbons (Fsp3) is 0.0952. The number of benzene rings is 3. The molecule has 25 heavy (non-hydrogen) atoms. The minimum Gasteiger partial charge on any atom is -0.457 e. The molecule has 1 amide bonds. The van der Waals surface area contributed by atoms with Crippen molar-refractivity contribution in [2.75, 3.05) is 5.32 Å². The maximum Gasteiger partial charge on any atom is 0.255 e. The summed E-state index contributed by atoms with van der Waals surface area (Å²) < 4.78 is 5.92. The first-order chi connectivity index (χ1) is 12.0. The highest BCUT2D eigenvalue weighted by Gasteiger charge is 2.07. The summed E-state index contributed by atoms with van der Waals surface area (Å²) >= 11 is 5.84. The van der Waals surface area contributed by atoms with E-state index in [9.17, 15) is 4.79 Å². The lowest BCUT2D eigenvalue weighted by Gasteiger charge is -2.11. The fourth-order valence-electron chi connectivity index (χ4n) is 2.36. The second-order valence-corrected chi connectivity index (χ2v) is 6.29. The van der Waals surface area contributed by atoms with Crippen LogP contribution in [-0.2, 0) is 0 Å². The molecule has 3 rings (SSSR count). The molecule has 3 aromatic rings. The predicted octanol–water partition coefficient (Wildman–Crippen LogP) is 6.00. The van der Waals surface area contributed by atoms with Gasteiger partial charge in [0.2, 0.25) is 0 Å². The van der Waals surface area contributed by atoms with E-state index in [1.807, 2.05) is 50.2 Å². The molecular formula is C21H18ClNO2. The molecule has 0 spiro atoms. The van der Waals surface area contributed by atoms with Crippen LogP contribution in [0.15, 0.2) is 66.7 Å². The minimum absolute atomic E-state index is 0.181. The van der Waals surface area contributed by atoms with E-state index in [4.69, 9.17) is 16.3 Å². The third-order valence-electron chi connectivity index (χ3n) is 3.79. The summed E-state index contributed by atoms with van der Waals surface area (Å²) in [5.74, 6) is 1.37. The summed E-state index contributed by atoms with van der Waals surface area (Å²) in [5.41, 5.74) is 3.48. The van der Waals surface area contributed by atoms with E-state index in [0.29, 0.717) is 16.3 Å². The van der Waals surface area contributed by atoms with Crippen molar-refractivity contribution < 1.29 is 9.53 Å². The normalized spacial score (nSPS) is 10.4. The zero-order valence-corrected chi connectivity index (χ0v) is 14.8. The van der Waals surface area contributed by atoms with E-state index in [2.05, 4.69) is 11.4 Å². The molecule has 0 fully saturated rings. The van der Waals surface area contributed by atoms with Gasteiger partial charge in [-0.3, -0.25) is 4.79 Å². The number of ether oxygens (including phenoxy) is 1. The van der Waals surface area contributed by atoms with Crippen LogP contribution >= 0.6 is 11.6 Å². The molecule has 3 aromatic carbocycles. The molecule has 0 aliphatic heterocycles. The maximum atomic E-state index is 12.2. The Bertz CT molecular complexity index is 887. The smallest absolute Gasteiger partial charge is 0.255 e. The summed E-state index contributed by atoms with van der Waals surface area (Å²) in [6.45, 7) is 4.04. The van der Waals surface area contributed by atoms with Gasteiger partial charge in [-0.2, -0.15) is 0 Å². The lowest BCUT2D eigenvalue weighted by molar-refractivity contribution is 0.102. The molecule has 0 saturated carbocycles. The number of hydrogen-bond donors (Lipinski definition) is 1. The summed E-state index contributed by atoms with van der Waals surface area (Å²) in [4.78, 5) is 12.2. The Morgan fingerprint density at radius 2 is 1.60 bits per heavy atom. The zero-order chi connectivity index (χ0) is 17.8. The standard InChI is InChI=1S/C21H18ClNO2/c1-14-3-4-15(2)20(13-14)25-19-11-9-18(10-12-19)23-21(24)16-5-7-17(22)8-6-16/h3-13H,1-2H3,(H,23,24). The van der Waals surface area contributed by atoms with E-state index in [1.165, 1.54) is 0 Å². The Morgan fingerprint density at radius 3 is 2.28 bits per heavy atom. The van der Waals surface area contributed by atoms with Crippen molar-refractivity contribution in [3.63, 3.8) is 0 Å². The third kappa shape index (κ3) is 4.40. The highest BCUT2D eigenvalue weighted by atomic mass is 35.5. The largest absolute Gasteiger partial charge is 0.457 e. The summed E-state index contributed by atoms with van der Waals surface area (Å²) in [6.07, 6.45) is 0. The Morgan fingerprint density at radius 1 is 0.920 bits per heavy atom. The van der Waals surface area contributed by atoms with Crippen molar-refractivity contribution in [1.29, 1.82) is 0 Å². The van der Waals surface area contributed by atoms with Crippen LogP contribution in [0, 0.1) is 13.8 Å². The lowest BCUT2D eigenvalue weighted by Crippen LogP contribution is -2.11. The first-order valence-electron chi connectivity index (χ1n) is 7.93. The Balaban J connectivity index is 1.68. The van der Waals surface area contributed by atoms with Crippen LogP contribution in [0.1, 0.15) is 21.5 Å². The molecule has 0 heterocycles. The summed E-state index contributed by atoms with van der Waals surface area (Å²) in [6, 6.07) is 20.1. The van der Waals surface area contributed by atoms with Gasteiger partial charge in [-0.1, -0.05) is 23.7 Å². The third-order valence-corrected chi connectivity index (χ3v) is 4.04. The van der Waals surface area contributed by atoms with E-state index in [-0.39, 0.29) is 5.91 Å². The van der Waals surface area contributed by atoms with Crippen molar-refractivity contribution in [1.82, 2.24) is 0 Å². The molecule has 0 saturated heterocycles. The fourth-order valence-corrected chi connectivity index (χ4v) is 2.48. The van der Waals surface area contributed by atoms with Crippen LogP contribution in [0.3, 0.4) is 0 Å². The first kappa shape index (κ1) is 17.1. The second kappa shape index (κ2) is 7.41. The van der Waals surface area contributed by atoms with Crippen molar-refractivity contribution in [3.8, 4) is 11.5 Å². The maximum absolute atomic E-state index is 12.2. The van der Waals surface area contributed by atoms with Gasteiger partial charge in [0.15, 0.2) is 0 Å². The Labute approximate surface area is 152 Å². The molecule has 1 N–H and O–H groups in total. The van der Waals surface area contributed by atoms with Gasteiger partial charge >= 0.3 is 0 Å². The number of rotatable bonds is 4. The second-order valence-electron chi connectivity index (χ2n) is 5.86. The molecule has 126 valence electrons. The van der Waals surface area contributed by atoms with Crippen molar-refractivity contribution in [3.05, 3.63) is 88.4 Å².